The molecule has 0 aromatic heterocycles. The molecule has 2 atom stereocenters. The first-order valence-corrected chi connectivity index (χ1v) is 8.10. The second kappa shape index (κ2) is 4.81. The van der Waals surface area contributed by atoms with Gasteiger partial charge in [-0.05, 0) is 31.0 Å². The third kappa shape index (κ3) is 1.82. The van der Waals surface area contributed by atoms with Gasteiger partial charge in [0.15, 0.2) is 0 Å². The zero-order valence-corrected chi connectivity index (χ0v) is 14.5. The van der Waals surface area contributed by atoms with Crippen molar-refractivity contribution in [3.63, 3.8) is 0 Å². The molecule has 0 heterocycles. The Hall–Kier alpha value is -1.39. The topological polar surface area (TPSA) is 60.4 Å². The number of carbonyl (C=O) groups excluding carboxylic acids is 3. The van der Waals surface area contributed by atoms with Gasteiger partial charge in [-0.3, -0.25) is 14.4 Å². The highest BCUT2D eigenvalue weighted by atomic mass is 35.5. The molecule has 2 unspecified atom stereocenters. The third-order valence-corrected chi connectivity index (χ3v) is 6.52. The SMILES string of the molecule is CC12CCC(C(=O)Oc3ccc(Cl)cc3Cl)(C(=O)C1=O)C2(C)C. The average molecular weight is 355 g/mol. The summed E-state index contributed by atoms with van der Waals surface area (Å²) < 4.78 is 5.40. The average Bonchev–Trinajstić information content (AvgIpc) is 2.74. The van der Waals surface area contributed by atoms with Gasteiger partial charge in [0, 0.05) is 15.9 Å². The fourth-order valence-corrected chi connectivity index (χ4v) is 4.41. The number of esters is 1. The maximum atomic E-state index is 12.9. The molecule has 6 heteroatoms. The number of rotatable bonds is 2. The Labute approximate surface area is 144 Å². The van der Waals surface area contributed by atoms with Crippen molar-refractivity contribution in [3.05, 3.63) is 28.2 Å². The molecule has 4 nitrogen and oxygen atoms in total. The van der Waals surface area contributed by atoms with E-state index in [0.29, 0.717) is 17.9 Å². The molecule has 0 N–H and O–H groups in total. The number of ether oxygens (including phenoxy) is 1. The van der Waals surface area contributed by atoms with Crippen molar-refractivity contribution in [1.82, 2.24) is 0 Å². The summed E-state index contributed by atoms with van der Waals surface area (Å²) in [5, 5.41) is 0.589. The lowest BCUT2D eigenvalue weighted by atomic mass is 9.65. The van der Waals surface area contributed by atoms with E-state index in [0.717, 1.165) is 0 Å². The highest BCUT2D eigenvalue weighted by Crippen LogP contribution is 2.69. The molecule has 0 amide bonds. The Morgan fingerprint density at radius 1 is 1.09 bits per heavy atom. The molecule has 2 aliphatic carbocycles. The van der Waals surface area contributed by atoms with E-state index < -0.39 is 33.8 Å². The lowest BCUT2D eigenvalue weighted by Gasteiger charge is -2.36. The Kier molecular flexibility index (Phi) is 3.44. The fraction of sp³-hybridized carbons (Fsp3) is 0.471. The fourth-order valence-electron chi connectivity index (χ4n) is 3.97. The van der Waals surface area contributed by atoms with Gasteiger partial charge in [-0.15, -0.1) is 0 Å². The first-order valence-electron chi connectivity index (χ1n) is 7.34. The maximum Gasteiger partial charge on any atom is 0.326 e. The molecule has 1 aromatic carbocycles. The number of halogens is 2. The van der Waals surface area contributed by atoms with Crippen molar-refractivity contribution in [2.75, 3.05) is 0 Å². The van der Waals surface area contributed by atoms with Crippen LogP contribution in [0.3, 0.4) is 0 Å². The van der Waals surface area contributed by atoms with Crippen LogP contribution in [0.1, 0.15) is 33.6 Å². The molecule has 2 aliphatic rings. The molecule has 3 rings (SSSR count). The minimum atomic E-state index is -1.44. The lowest BCUT2D eigenvalue weighted by Crippen LogP contribution is -2.47. The first-order chi connectivity index (χ1) is 10.6. The lowest BCUT2D eigenvalue weighted by molar-refractivity contribution is -0.157. The Bertz CT molecular complexity index is 755. The summed E-state index contributed by atoms with van der Waals surface area (Å²) in [6.45, 7) is 5.32. The van der Waals surface area contributed by atoms with E-state index in [9.17, 15) is 14.4 Å². The van der Waals surface area contributed by atoms with Gasteiger partial charge in [-0.1, -0.05) is 44.0 Å². The van der Waals surface area contributed by atoms with Crippen LogP contribution in [0.25, 0.3) is 0 Å². The second-order valence-electron chi connectivity index (χ2n) is 6.98. The second-order valence-corrected chi connectivity index (χ2v) is 7.83. The summed E-state index contributed by atoms with van der Waals surface area (Å²) >= 11 is 11.9. The molecule has 0 spiro atoms. The number of hydrogen-bond donors (Lipinski definition) is 0. The van der Waals surface area contributed by atoms with Crippen LogP contribution in [0.5, 0.6) is 5.75 Å². The van der Waals surface area contributed by atoms with E-state index in [-0.39, 0.29) is 10.8 Å². The van der Waals surface area contributed by atoms with Crippen molar-refractivity contribution in [3.8, 4) is 5.75 Å². The van der Waals surface area contributed by atoms with Crippen LogP contribution in [-0.4, -0.2) is 17.5 Å². The number of hydrogen-bond acceptors (Lipinski definition) is 4. The number of benzene rings is 1. The van der Waals surface area contributed by atoms with Crippen molar-refractivity contribution < 1.29 is 19.1 Å². The predicted molar refractivity (Wildman–Crippen MR) is 85.7 cm³/mol. The molecular weight excluding hydrogens is 339 g/mol. The summed E-state index contributed by atoms with van der Waals surface area (Å²) in [4.78, 5) is 37.8. The summed E-state index contributed by atoms with van der Waals surface area (Å²) in [6.07, 6.45) is 0.805. The minimum Gasteiger partial charge on any atom is -0.424 e. The molecule has 1 aromatic rings. The van der Waals surface area contributed by atoms with Crippen LogP contribution in [0.2, 0.25) is 10.0 Å². The standard InChI is InChI=1S/C17H16Cl2O4/c1-15(2)16(3)6-7-17(15,13(21)12(16)20)14(22)23-11-5-4-9(18)8-10(11)19/h4-5,8H,6-7H2,1-3H3. The van der Waals surface area contributed by atoms with Crippen molar-refractivity contribution in [2.24, 2.45) is 16.2 Å². The largest absolute Gasteiger partial charge is 0.424 e. The van der Waals surface area contributed by atoms with Gasteiger partial charge in [0.25, 0.3) is 0 Å². The van der Waals surface area contributed by atoms with Gasteiger partial charge in [-0.2, -0.15) is 0 Å². The van der Waals surface area contributed by atoms with Crippen molar-refractivity contribution in [1.29, 1.82) is 0 Å². The summed E-state index contributed by atoms with van der Waals surface area (Å²) in [5.74, 6) is -1.71. The molecule has 2 bridgehead atoms. The molecule has 122 valence electrons. The number of Topliss-reactive ketones (excluding diaryl/α,β-unsaturated/α-hetero) is 2. The van der Waals surface area contributed by atoms with Gasteiger partial charge in [0.05, 0.1) is 5.02 Å². The Balaban J connectivity index is 2.02. The molecule has 0 saturated heterocycles. The molecule has 23 heavy (non-hydrogen) atoms. The van der Waals surface area contributed by atoms with E-state index in [1.807, 2.05) is 0 Å². The zero-order valence-electron chi connectivity index (χ0n) is 13.0. The maximum absolute atomic E-state index is 12.9. The van der Waals surface area contributed by atoms with Crippen molar-refractivity contribution >= 4 is 40.7 Å². The van der Waals surface area contributed by atoms with Gasteiger partial charge in [0.1, 0.15) is 11.2 Å². The van der Waals surface area contributed by atoms with Crippen LogP contribution >= 0.6 is 23.2 Å². The third-order valence-electron chi connectivity index (χ3n) is 5.99. The normalized spacial score (nSPS) is 31.5. The number of carbonyl (C=O) groups is 3. The smallest absolute Gasteiger partial charge is 0.326 e. The van der Waals surface area contributed by atoms with Gasteiger partial charge in [-0.25, -0.2) is 0 Å². The summed E-state index contributed by atoms with van der Waals surface area (Å²) in [6, 6.07) is 4.47. The molecule has 0 radical (unpaired) electrons. The number of fused-ring (bicyclic) bond motifs is 2. The van der Waals surface area contributed by atoms with Crippen LogP contribution in [0.15, 0.2) is 18.2 Å². The molecule has 0 aliphatic heterocycles. The van der Waals surface area contributed by atoms with Crippen LogP contribution in [0, 0.1) is 16.2 Å². The predicted octanol–water partition coefficient (Wildman–Crippen LogP) is 3.86. The van der Waals surface area contributed by atoms with Gasteiger partial charge < -0.3 is 4.74 Å². The van der Waals surface area contributed by atoms with E-state index in [1.165, 1.54) is 12.1 Å². The molecular formula is C17H16Cl2O4. The molecule has 2 saturated carbocycles. The Morgan fingerprint density at radius 3 is 2.26 bits per heavy atom. The van der Waals surface area contributed by atoms with Crippen LogP contribution < -0.4 is 4.74 Å². The monoisotopic (exact) mass is 354 g/mol. The van der Waals surface area contributed by atoms with Crippen LogP contribution in [-0.2, 0) is 14.4 Å². The summed E-state index contributed by atoms with van der Waals surface area (Å²) in [5.41, 5.74) is -3.07. The van der Waals surface area contributed by atoms with E-state index in [4.69, 9.17) is 27.9 Å². The van der Waals surface area contributed by atoms with E-state index in [2.05, 4.69) is 0 Å². The van der Waals surface area contributed by atoms with Gasteiger partial charge >= 0.3 is 5.97 Å². The zero-order chi connectivity index (χ0) is 17.2. The van der Waals surface area contributed by atoms with E-state index in [1.54, 1.807) is 26.8 Å². The van der Waals surface area contributed by atoms with E-state index >= 15 is 0 Å². The highest BCUT2D eigenvalue weighted by Gasteiger charge is 2.78. The van der Waals surface area contributed by atoms with Gasteiger partial charge in [0.2, 0.25) is 11.6 Å². The first kappa shape index (κ1) is 16.5. The summed E-state index contributed by atoms with van der Waals surface area (Å²) in [7, 11) is 0. The number of ketones is 2. The minimum absolute atomic E-state index is 0.131. The quantitative estimate of drug-likeness (QED) is 0.350. The van der Waals surface area contributed by atoms with Crippen LogP contribution in [0.4, 0.5) is 0 Å². The molecule has 2 fully saturated rings. The van der Waals surface area contributed by atoms with Crippen molar-refractivity contribution in [2.45, 2.75) is 33.6 Å². The highest BCUT2D eigenvalue weighted by molar-refractivity contribution is 6.48. The Morgan fingerprint density at radius 2 is 1.74 bits per heavy atom.